The summed E-state index contributed by atoms with van der Waals surface area (Å²) in [7, 11) is 1.67. The van der Waals surface area contributed by atoms with Gasteiger partial charge in [-0.1, -0.05) is 37.3 Å². The number of aryl methyl sites for hydroxylation is 2. The van der Waals surface area contributed by atoms with Crippen LogP contribution in [0.2, 0.25) is 0 Å². The minimum absolute atomic E-state index is 0.156. The number of nitrogens with one attached hydrogen (secondary N) is 4. The molecular formula is C44H55N9O4. The third kappa shape index (κ3) is 9.44. The number of ether oxygens (including phenoxy) is 2. The van der Waals surface area contributed by atoms with Gasteiger partial charge >= 0.3 is 0 Å². The van der Waals surface area contributed by atoms with Crippen molar-refractivity contribution in [1.29, 1.82) is 0 Å². The van der Waals surface area contributed by atoms with Crippen molar-refractivity contribution in [1.82, 2.24) is 40.6 Å². The summed E-state index contributed by atoms with van der Waals surface area (Å²) in [4.78, 5) is 39.0. The maximum absolute atomic E-state index is 13.6. The van der Waals surface area contributed by atoms with E-state index in [1.54, 1.807) is 25.3 Å². The predicted molar refractivity (Wildman–Crippen MR) is 222 cm³/mol. The highest BCUT2D eigenvalue weighted by atomic mass is 16.5. The number of carbonyl (C=O) groups excluding carboxylic acids is 2. The van der Waals surface area contributed by atoms with Crippen LogP contribution in [0.5, 0.6) is 5.75 Å². The van der Waals surface area contributed by atoms with Crippen LogP contribution in [-0.4, -0.2) is 88.0 Å². The van der Waals surface area contributed by atoms with Gasteiger partial charge in [-0.25, -0.2) is 14.6 Å². The van der Waals surface area contributed by atoms with Crippen molar-refractivity contribution in [3.63, 3.8) is 0 Å². The molecule has 5 heterocycles. The summed E-state index contributed by atoms with van der Waals surface area (Å²) < 4.78 is 13.3. The Labute approximate surface area is 334 Å². The number of pyridine rings is 2. The summed E-state index contributed by atoms with van der Waals surface area (Å²) in [5, 5.41) is 18.9. The monoisotopic (exact) mass is 773 g/mol. The lowest BCUT2D eigenvalue weighted by Gasteiger charge is -2.36. The summed E-state index contributed by atoms with van der Waals surface area (Å²) in [6.45, 7) is 14.1. The fraction of sp³-hybridized carbons (Fsp3) is 0.432. The summed E-state index contributed by atoms with van der Waals surface area (Å²) in [6, 6.07) is 20.6. The second-order valence-electron chi connectivity index (χ2n) is 15.2. The van der Waals surface area contributed by atoms with Gasteiger partial charge in [0.05, 0.1) is 24.4 Å². The first-order valence-corrected chi connectivity index (χ1v) is 20.2. The Morgan fingerprint density at radius 3 is 2.32 bits per heavy atom. The lowest BCUT2D eigenvalue weighted by atomic mass is 9.99. The standard InChI is InChI=1S/C44H55N9O4/c1-6-37-35(41(49-33-16-18-57-19-17-33)36-24-47-53(7-2)42(36)51-37)23-46-44(55)39-13-9-12-38(50-39)43(54)45-22-30-14-15-40(56-5)34(21-30)32-11-8-10-31(20-32)27-52-25-28(3)48-29(4)26-52/h8-15,20-21,24,28-29,33,48H,6-7,16-19,22-23,25-27H2,1-5H3,(H,45,54)(H,46,55)(H,49,51)/t28-,29?/m1/s1. The smallest absolute Gasteiger partial charge is 0.270 e. The summed E-state index contributed by atoms with van der Waals surface area (Å²) >= 11 is 0. The molecule has 2 fully saturated rings. The number of amides is 2. The Hall–Kier alpha value is -5.37. The van der Waals surface area contributed by atoms with E-state index in [9.17, 15) is 9.59 Å². The van der Waals surface area contributed by atoms with Crippen molar-refractivity contribution < 1.29 is 19.1 Å². The molecule has 5 aromatic rings. The summed E-state index contributed by atoms with van der Waals surface area (Å²) in [5.41, 5.74) is 8.06. The molecule has 4 N–H and O–H groups in total. The van der Waals surface area contributed by atoms with Crippen molar-refractivity contribution in [3.05, 3.63) is 101 Å². The molecule has 1 unspecified atom stereocenters. The van der Waals surface area contributed by atoms with Crippen LogP contribution in [0.1, 0.15) is 83.9 Å². The van der Waals surface area contributed by atoms with Gasteiger partial charge in [0.2, 0.25) is 0 Å². The molecule has 57 heavy (non-hydrogen) atoms. The zero-order chi connectivity index (χ0) is 39.9. The molecule has 2 amide bonds. The molecule has 7 rings (SSSR count). The van der Waals surface area contributed by atoms with Crippen molar-refractivity contribution in [3.8, 4) is 16.9 Å². The highest BCUT2D eigenvalue weighted by molar-refractivity contribution is 5.97. The van der Waals surface area contributed by atoms with Crippen molar-refractivity contribution >= 4 is 28.5 Å². The van der Waals surface area contributed by atoms with Crippen LogP contribution >= 0.6 is 0 Å². The molecule has 3 aromatic heterocycles. The maximum atomic E-state index is 13.6. The Kier molecular flexibility index (Phi) is 12.8. The maximum Gasteiger partial charge on any atom is 0.270 e. The molecule has 2 saturated heterocycles. The van der Waals surface area contributed by atoms with Gasteiger partial charge in [-0.15, -0.1) is 0 Å². The van der Waals surface area contributed by atoms with E-state index in [1.165, 1.54) is 5.56 Å². The minimum Gasteiger partial charge on any atom is -0.496 e. The van der Waals surface area contributed by atoms with Crippen LogP contribution in [0.4, 0.5) is 5.69 Å². The van der Waals surface area contributed by atoms with Gasteiger partial charge < -0.3 is 30.7 Å². The van der Waals surface area contributed by atoms with E-state index in [4.69, 9.17) is 14.5 Å². The number of anilines is 1. The molecule has 300 valence electrons. The average molecular weight is 774 g/mol. The van der Waals surface area contributed by atoms with Gasteiger partial charge in [0.1, 0.15) is 17.1 Å². The predicted octanol–water partition coefficient (Wildman–Crippen LogP) is 5.72. The average Bonchev–Trinajstić information content (AvgIpc) is 3.65. The van der Waals surface area contributed by atoms with E-state index in [0.29, 0.717) is 38.3 Å². The molecule has 2 aliphatic heterocycles. The number of carbonyl (C=O) groups is 2. The largest absolute Gasteiger partial charge is 0.496 e. The van der Waals surface area contributed by atoms with Gasteiger partial charge in [-0.3, -0.25) is 14.5 Å². The second kappa shape index (κ2) is 18.3. The third-order valence-electron chi connectivity index (χ3n) is 10.8. The zero-order valence-electron chi connectivity index (χ0n) is 33.7. The molecule has 13 heteroatoms. The SMILES string of the molecule is CCc1nc2c(cnn2CC)c(NC2CCOCC2)c1CNC(=O)c1cccc(C(=O)NCc2ccc(OC)c(-c3cccc(CN4CC(C)N[C@H](C)C4)c3)c2)n1. The van der Waals surface area contributed by atoms with Gasteiger partial charge in [0.15, 0.2) is 5.65 Å². The lowest BCUT2D eigenvalue weighted by molar-refractivity contribution is 0.0904. The Bertz CT molecular complexity index is 2190. The lowest BCUT2D eigenvalue weighted by Crippen LogP contribution is -2.53. The van der Waals surface area contributed by atoms with Crippen LogP contribution in [-0.2, 0) is 37.3 Å². The second-order valence-corrected chi connectivity index (χ2v) is 15.2. The van der Waals surface area contributed by atoms with E-state index < -0.39 is 0 Å². The van der Waals surface area contributed by atoms with Gasteiger partial charge in [-0.2, -0.15) is 5.10 Å². The first kappa shape index (κ1) is 39.8. The number of hydrogen-bond donors (Lipinski definition) is 4. The molecule has 0 spiro atoms. The van der Waals surface area contributed by atoms with Crippen molar-refractivity contribution in [2.75, 3.05) is 38.7 Å². The fourth-order valence-corrected chi connectivity index (χ4v) is 8.08. The number of fused-ring (bicyclic) bond motifs is 1. The van der Waals surface area contributed by atoms with Gasteiger partial charge in [0, 0.05) is 87.4 Å². The Balaban J connectivity index is 1.03. The third-order valence-corrected chi connectivity index (χ3v) is 10.8. The normalized spacial score (nSPS) is 17.7. The van der Waals surface area contributed by atoms with Crippen LogP contribution in [0.25, 0.3) is 22.2 Å². The Morgan fingerprint density at radius 2 is 1.61 bits per heavy atom. The topological polar surface area (TPSA) is 148 Å². The van der Waals surface area contributed by atoms with Crippen LogP contribution in [0, 0.1) is 0 Å². The summed E-state index contributed by atoms with van der Waals surface area (Å²) in [5.74, 6) is 0.00896. The van der Waals surface area contributed by atoms with Crippen LogP contribution in [0.15, 0.2) is 66.9 Å². The van der Waals surface area contributed by atoms with Crippen molar-refractivity contribution in [2.24, 2.45) is 0 Å². The first-order chi connectivity index (χ1) is 27.7. The van der Waals surface area contributed by atoms with Gasteiger partial charge in [-0.05, 0) is 87.1 Å². The van der Waals surface area contributed by atoms with E-state index in [0.717, 1.165) is 82.9 Å². The first-order valence-electron chi connectivity index (χ1n) is 20.2. The molecule has 0 aliphatic carbocycles. The van der Waals surface area contributed by atoms with E-state index >= 15 is 0 Å². The number of benzene rings is 2. The molecule has 2 aromatic carbocycles. The number of aromatic nitrogens is 4. The quantitative estimate of drug-likeness (QED) is 0.111. The number of rotatable bonds is 14. The number of hydrogen-bond acceptors (Lipinski definition) is 10. The number of methoxy groups -OCH3 is 1. The molecule has 0 radical (unpaired) electrons. The number of nitrogens with zero attached hydrogens (tertiary/aromatic N) is 5. The molecule has 13 nitrogen and oxygen atoms in total. The van der Waals surface area contributed by atoms with Crippen molar-refractivity contribution in [2.45, 2.75) is 91.3 Å². The highest BCUT2D eigenvalue weighted by Crippen LogP contribution is 2.33. The van der Waals surface area contributed by atoms with E-state index in [-0.39, 0.29) is 42.3 Å². The summed E-state index contributed by atoms with van der Waals surface area (Å²) in [6.07, 6.45) is 4.31. The van der Waals surface area contributed by atoms with E-state index in [2.05, 4.69) is 87.4 Å². The molecule has 0 saturated carbocycles. The zero-order valence-corrected chi connectivity index (χ0v) is 33.7. The Morgan fingerprint density at radius 1 is 0.895 bits per heavy atom. The van der Waals surface area contributed by atoms with Crippen LogP contribution in [0.3, 0.4) is 0 Å². The molecule has 2 aliphatic rings. The fourth-order valence-electron chi connectivity index (χ4n) is 8.08. The highest BCUT2D eigenvalue weighted by Gasteiger charge is 2.24. The molecule has 0 bridgehead atoms. The molecular weight excluding hydrogens is 719 g/mol. The van der Waals surface area contributed by atoms with Gasteiger partial charge in [0.25, 0.3) is 11.8 Å². The minimum atomic E-state index is -0.379. The number of piperazine rings is 1. The van der Waals surface area contributed by atoms with Crippen LogP contribution < -0.4 is 26.0 Å². The van der Waals surface area contributed by atoms with E-state index in [1.807, 2.05) is 29.9 Å². The molecule has 2 atom stereocenters.